The lowest BCUT2D eigenvalue weighted by molar-refractivity contribution is -0.135. The molecule has 3 heterocycles. The molecular formula is C20H24N6OS. The zero-order valence-electron chi connectivity index (χ0n) is 15.7. The number of rotatable bonds is 6. The fourth-order valence-electron chi connectivity index (χ4n) is 3.63. The Morgan fingerprint density at radius 2 is 1.96 bits per heavy atom. The Hall–Kier alpha value is -2.58. The van der Waals surface area contributed by atoms with Gasteiger partial charge in [-0.1, -0.05) is 36.4 Å². The van der Waals surface area contributed by atoms with Crippen LogP contribution in [0, 0.1) is 0 Å². The predicted molar refractivity (Wildman–Crippen MR) is 108 cm³/mol. The topological polar surface area (TPSA) is 67.2 Å². The van der Waals surface area contributed by atoms with Crippen LogP contribution in [0.1, 0.15) is 22.9 Å². The first-order chi connectivity index (χ1) is 13.8. The molecule has 1 aromatic carbocycles. The van der Waals surface area contributed by atoms with Gasteiger partial charge in [-0.25, -0.2) is 4.68 Å². The van der Waals surface area contributed by atoms with Crippen LogP contribution >= 0.6 is 11.3 Å². The number of thiophene rings is 1. The highest BCUT2D eigenvalue weighted by molar-refractivity contribution is 7.09. The van der Waals surface area contributed by atoms with E-state index in [2.05, 4.69) is 37.9 Å². The minimum absolute atomic E-state index is 0.0918. The molecule has 146 valence electrons. The Balaban J connectivity index is 1.44. The lowest BCUT2D eigenvalue weighted by Gasteiger charge is -2.26. The normalized spacial score (nSPS) is 16.6. The van der Waals surface area contributed by atoms with Crippen LogP contribution in [0.3, 0.4) is 0 Å². The quantitative estimate of drug-likeness (QED) is 0.639. The van der Waals surface area contributed by atoms with Crippen LogP contribution in [0.5, 0.6) is 0 Å². The lowest BCUT2D eigenvalue weighted by Crippen LogP contribution is -2.40. The van der Waals surface area contributed by atoms with E-state index in [1.165, 1.54) is 11.2 Å². The highest BCUT2D eigenvalue weighted by Crippen LogP contribution is 2.19. The molecule has 0 N–H and O–H groups in total. The van der Waals surface area contributed by atoms with Crippen molar-refractivity contribution in [3.8, 4) is 0 Å². The van der Waals surface area contributed by atoms with E-state index in [1.807, 2.05) is 35.2 Å². The zero-order chi connectivity index (χ0) is 19.2. The van der Waals surface area contributed by atoms with Gasteiger partial charge in [-0.05, 0) is 33.9 Å². The molecular weight excluding hydrogens is 372 g/mol. The molecule has 0 radical (unpaired) electrons. The van der Waals surface area contributed by atoms with E-state index in [4.69, 9.17) is 0 Å². The van der Waals surface area contributed by atoms with Crippen LogP contribution in [0.25, 0.3) is 0 Å². The minimum atomic E-state index is -0.416. The standard InChI is InChI=1S/C20H24N6OS/c27-20(19(26-16-21-22-23-26)14-17-6-2-1-3-7-17)25-10-5-9-24(11-12-25)15-18-8-4-13-28-18/h1-4,6-8,13,16,19H,5,9-12,14-15H2. The Labute approximate surface area is 168 Å². The second-order valence-electron chi connectivity index (χ2n) is 7.03. The SMILES string of the molecule is O=C(C(Cc1ccccc1)n1cnnn1)N1CCCN(Cc2cccs2)CC1. The van der Waals surface area contributed by atoms with E-state index in [0.29, 0.717) is 6.42 Å². The first kappa shape index (κ1) is 18.8. The molecule has 1 atom stereocenters. The van der Waals surface area contributed by atoms with E-state index < -0.39 is 6.04 Å². The van der Waals surface area contributed by atoms with Crippen molar-refractivity contribution in [1.29, 1.82) is 0 Å². The molecule has 3 aromatic rings. The van der Waals surface area contributed by atoms with Crippen molar-refractivity contribution in [3.05, 3.63) is 64.6 Å². The van der Waals surface area contributed by atoms with Gasteiger partial charge in [-0.15, -0.1) is 16.4 Å². The molecule has 7 nitrogen and oxygen atoms in total. The molecule has 8 heteroatoms. The minimum Gasteiger partial charge on any atom is -0.339 e. The summed E-state index contributed by atoms with van der Waals surface area (Å²) >= 11 is 1.79. The number of carbonyl (C=O) groups is 1. The maximum absolute atomic E-state index is 13.4. The molecule has 0 spiro atoms. The second kappa shape index (κ2) is 9.07. The number of hydrogen-bond acceptors (Lipinski definition) is 6. The van der Waals surface area contributed by atoms with Gasteiger partial charge in [0.1, 0.15) is 12.4 Å². The molecule has 0 saturated carbocycles. The number of tetrazole rings is 1. The average Bonchev–Trinajstić information content (AvgIpc) is 3.38. The summed E-state index contributed by atoms with van der Waals surface area (Å²) in [7, 11) is 0. The van der Waals surface area contributed by atoms with Crippen molar-refractivity contribution in [2.24, 2.45) is 0 Å². The fraction of sp³-hybridized carbons (Fsp3) is 0.400. The predicted octanol–water partition coefficient (Wildman–Crippen LogP) is 2.25. The van der Waals surface area contributed by atoms with Crippen molar-refractivity contribution < 1.29 is 4.79 Å². The fourth-order valence-corrected chi connectivity index (χ4v) is 4.37. The van der Waals surface area contributed by atoms with Gasteiger partial charge in [-0.3, -0.25) is 9.69 Å². The summed E-state index contributed by atoms with van der Waals surface area (Å²) < 4.78 is 1.59. The van der Waals surface area contributed by atoms with Gasteiger partial charge in [0, 0.05) is 44.0 Å². The highest BCUT2D eigenvalue weighted by Gasteiger charge is 2.28. The Morgan fingerprint density at radius 3 is 2.71 bits per heavy atom. The van der Waals surface area contributed by atoms with E-state index in [1.54, 1.807) is 16.0 Å². The van der Waals surface area contributed by atoms with Crippen LogP contribution < -0.4 is 0 Å². The van der Waals surface area contributed by atoms with Crippen molar-refractivity contribution >= 4 is 17.2 Å². The summed E-state index contributed by atoms with van der Waals surface area (Å²) in [6, 6.07) is 13.9. The molecule has 1 saturated heterocycles. The molecule has 1 aliphatic rings. The molecule has 1 aliphatic heterocycles. The monoisotopic (exact) mass is 396 g/mol. The van der Waals surface area contributed by atoms with Crippen molar-refractivity contribution in [2.75, 3.05) is 26.2 Å². The third kappa shape index (κ3) is 4.63. The molecule has 4 rings (SSSR count). The number of benzene rings is 1. The molecule has 0 bridgehead atoms. The molecule has 2 aromatic heterocycles. The summed E-state index contributed by atoms with van der Waals surface area (Å²) in [6.45, 7) is 4.36. The molecule has 28 heavy (non-hydrogen) atoms. The molecule has 0 aliphatic carbocycles. The number of nitrogens with zero attached hydrogens (tertiary/aromatic N) is 6. The Bertz CT molecular complexity index is 852. The Kier molecular flexibility index (Phi) is 6.08. The van der Waals surface area contributed by atoms with E-state index in [0.717, 1.165) is 44.7 Å². The number of amides is 1. The van der Waals surface area contributed by atoms with Gasteiger partial charge in [-0.2, -0.15) is 0 Å². The van der Waals surface area contributed by atoms with Crippen molar-refractivity contribution in [1.82, 2.24) is 30.0 Å². The van der Waals surface area contributed by atoms with E-state index in [-0.39, 0.29) is 5.91 Å². The van der Waals surface area contributed by atoms with Gasteiger partial charge < -0.3 is 4.90 Å². The third-order valence-corrected chi connectivity index (χ3v) is 5.96. The van der Waals surface area contributed by atoms with Gasteiger partial charge in [0.05, 0.1) is 0 Å². The summed E-state index contributed by atoms with van der Waals surface area (Å²) in [5.41, 5.74) is 1.10. The highest BCUT2D eigenvalue weighted by atomic mass is 32.1. The van der Waals surface area contributed by atoms with Crippen LogP contribution in [-0.2, 0) is 17.8 Å². The number of aromatic nitrogens is 4. The zero-order valence-corrected chi connectivity index (χ0v) is 16.5. The van der Waals surface area contributed by atoms with Crippen molar-refractivity contribution in [2.45, 2.75) is 25.4 Å². The number of hydrogen-bond donors (Lipinski definition) is 0. The van der Waals surface area contributed by atoms with Crippen molar-refractivity contribution in [3.63, 3.8) is 0 Å². The van der Waals surface area contributed by atoms with E-state index in [9.17, 15) is 4.79 Å². The van der Waals surface area contributed by atoms with Crippen LogP contribution in [0.4, 0.5) is 0 Å². The Morgan fingerprint density at radius 1 is 1.07 bits per heavy atom. The molecule has 1 amide bonds. The van der Waals surface area contributed by atoms with Gasteiger partial charge >= 0.3 is 0 Å². The number of carbonyl (C=O) groups excluding carboxylic acids is 1. The third-order valence-electron chi connectivity index (χ3n) is 5.10. The molecule has 1 unspecified atom stereocenters. The summed E-state index contributed by atoms with van der Waals surface area (Å²) in [4.78, 5) is 19.2. The summed E-state index contributed by atoms with van der Waals surface area (Å²) in [5, 5.41) is 13.6. The van der Waals surface area contributed by atoms with Gasteiger partial charge in [0.15, 0.2) is 0 Å². The average molecular weight is 397 g/mol. The van der Waals surface area contributed by atoms with Crippen LogP contribution in [-0.4, -0.2) is 62.1 Å². The largest absolute Gasteiger partial charge is 0.339 e. The van der Waals surface area contributed by atoms with Crippen LogP contribution in [0.2, 0.25) is 0 Å². The summed E-state index contributed by atoms with van der Waals surface area (Å²) in [5.74, 6) is 0.0918. The smallest absolute Gasteiger partial charge is 0.247 e. The maximum Gasteiger partial charge on any atom is 0.247 e. The van der Waals surface area contributed by atoms with E-state index >= 15 is 0 Å². The summed E-state index contributed by atoms with van der Waals surface area (Å²) in [6.07, 6.45) is 3.09. The first-order valence-electron chi connectivity index (χ1n) is 9.59. The first-order valence-corrected chi connectivity index (χ1v) is 10.5. The van der Waals surface area contributed by atoms with Gasteiger partial charge in [0.2, 0.25) is 5.91 Å². The lowest BCUT2D eigenvalue weighted by atomic mass is 10.0. The van der Waals surface area contributed by atoms with Gasteiger partial charge in [0.25, 0.3) is 0 Å². The maximum atomic E-state index is 13.4. The second-order valence-corrected chi connectivity index (χ2v) is 8.06. The molecule has 1 fully saturated rings. The van der Waals surface area contributed by atoms with Crippen LogP contribution in [0.15, 0.2) is 54.2 Å².